The molecule has 0 spiro atoms. The predicted octanol–water partition coefficient (Wildman–Crippen LogP) is 5.30. The van der Waals surface area contributed by atoms with Crippen molar-refractivity contribution in [2.75, 3.05) is 5.43 Å². The van der Waals surface area contributed by atoms with E-state index in [2.05, 4.69) is 15.5 Å². The number of hydrogen-bond donors (Lipinski definition) is 1. The van der Waals surface area contributed by atoms with E-state index in [0.29, 0.717) is 5.02 Å². The van der Waals surface area contributed by atoms with E-state index in [1.54, 1.807) is 6.20 Å². The van der Waals surface area contributed by atoms with Crippen molar-refractivity contribution in [2.45, 2.75) is 12.8 Å². The molecule has 114 valence electrons. The van der Waals surface area contributed by atoms with Crippen LogP contribution < -0.4 is 5.43 Å². The van der Waals surface area contributed by atoms with Crippen LogP contribution in [0.4, 0.5) is 5.69 Å². The van der Waals surface area contributed by atoms with E-state index < -0.39 is 0 Å². The van der Waals surface area contributed by atoms with Gasteiger partial charge in [-0.3, -0.25) is 10.4 Å². The van der Waals surface area contributed by atoms with Crippen LogP contribution in [0.25, 0.3) is 10.9 Å². The van der Waals surface area contributed by atoms with Gasteiger partial charge in [-0.1, -0.05) is 29.3 Å². The Balaban J connectivity index is 1.68. The number of aryl methyl sites for hydroxylation is 1. The predicted molar refractivity (Wildman–Crippen MR) is 96.7 cm³/mol. The molecule has 5 heteroatoms. The van der Waals surface area contributed by atoms with Crippen LogP contribution in [0.2, 0.25) is 10.0 Å². The van der Waals surface area contributed by atoms with Crippen molar-refractivity contribution in [3.8, 4) is 0 Å². The summed E-state index contributed by atoms with van der Waals surface area (Å²) >= 11 is 12.1. The van der Waals surface area contributed by atoms with Crippen LogP contribution in [0.3, 0.4) is 0 Å². The Morgan fingerprint density at radius 1 is 0.957 bits per heavy atom. The van der Waals surface area contributed by atoms with Crippen LogP contribution in [0, 0.1) is 0 Å². The molecule has 0 saturated carbocycles. The van der Waals surface area contributed by atoms with E-state index in [1.165, 1.54) is 11.1 Å². The number of fused-ring (bicyclic) bond motifs is 2. The number of pyridine rings is 1. The lowest BCUT2D eigenvalue weighted by Crippen LogP contribution is -2.00. The van der Waals surface area contributed by atoms with Gasteiger partial charge in [0.2, 0.25) is 0 Å². The fourth-order valence-electron chi connectivity index (χ4n) is 2.90. The number of rotatable bonds is 2. The Bertz CT molecular complexity index is 935. The molecule has 0 unspecified atom stereocenters. The fourth-order valence-corrected chi connectivity index (χ4v) is 3.26. The third kappa shape index (κ3) is 2.78. The third-order valence-electron chi connectivity index (χ3n) is 4.03. The van der Waals surface area contributed by atoms with Crippen molar-refractivity contribution < 1.29 is 0 Å². The lowest BCUT2D eigenvalue weighted by Gasteiger charge is -2.07. The van der Waals surface area contributed by atoms with Gasteiger partial charge in [-0.2, -0.15) is 5.10 Å². The van der Waals surface area contributed by atoms with E-state index in [4.69, 9.17) is 23.2 Å². The molecule has 4 rings (SSSR count). The first kappa shape index (κ1) is 14.5. The van der Waals surface area contributed by atoms with Crippen molar-refractivity contribution in [1.82, 2.24) is 4.98 Å². The monoisotopic (exact) mass is 341 g/mol. The SMILES string of the molecule is Clc1ccc2c(c1)CC/C2=N/Nc1ccnc2cc(Cl)ccc12. The summed E-state index contributed by atoms with van der Waals surface area (Å²) < 4.78 is 0. The number of benzene rings is 2. The molecule has 0 bridgehead atoms. The minimum atomic E-state index is 0.676. The Morgan fingerprint density at radius 2 is 1.78 bits per heavy atom. The Labute approximate surface area is 144 Å². The summed E-state index contributed by atoms with van der Waals surface area (Å²) in [4.78, 5) is 4.34. The smallest absolute Gasteiger partial charge is 0.0738 e. The number of halogens is 2. The van der Waals surface area contributed by atoms with Crippen LogP contribution in [0.5, 0.6) is 0 Å². The maximum atomic E-state index is 6.05. The topological polar surface area (TPSA) is 37.3 Å². The highest BCUT2D eigenvalue weighted by Crippen LogP contribution is 2.27. The molecule has 0 saturated heterocycles. The molecule has 0 amide bonds. The second-order valence-corrected chi connectivity index (χ2v) is 6.36. The van der Waals surface area contributed by atoms with E-state index in [-0.39, 0.29) is 0 Å². The molecule has 1 N–H and O–H groups in total. The number of nitrogens with one attached hydrogen (secondary N) is 1. The molecule has 3 aromatic rings. The number of hydrazone groups is 1. The molecule has 0 radical (unpaired) electrons. The van der Waals surface area contributed by atoms with Gasteiger partial charge in [-0.05, 0) is 54.8 Å². The van der Waals surface area contributed by atoms with Gasteiger partial charge < -0.3 is 0 Å². The summed E-state index contributed by atoms with van der Waals surface area (Å²) in [5.41, 5.74) is 8.42. The second kappa shape index (κ2) is 5.84. The zero-order chi connectivity index (χ0) is 15.8. The quantitative estimate of drug-likeness (QED) is 0.641. The molecule has 1 aliphatic rings. The van der Waals surface area contributed by atoms with Gasteiger partial charge in [0.1, 0.15) is 0 Å². The molecular weight excluding hydrogens is 329 g/mol. The lowest BCUT2D eigenvalue weighted by atomic mass is 10.1. The van der Waals surface area contributed by atoms with Crippen LogP contribution in [-0.4, -0.2) is 10.7 Å². The zero-order valence-electron chi connectivity index (χ0n) is 12.2. The van der Waals surface area contributed by atoms with Gasteiger partial charge in [0.25, 0.3) is 0 Å². The number of nitrogens with zero attached hydrogens (tertiary/aromatic N) is 2. The number of hydrogen-bond acceptors (Lipinski definition) is 3. The summed E-state index contributed by atoms with van der Waals surface area (Å²) in [6.07, 6.45) is 3.64. The minimum Gasteiger partial charge on any atom is -0.277 e. The molecule has 2 aromatic carbocycles. The van der Waals surface area contributed by atoms with Gasteiger partial charge in [0.15, 0.2) is 0 Å². The van der Waals surface area contributed by atoms with E-state index >= 15 is 0 Å². The van der Waals surface area contributed by atoms with Gasteiger partial charge >= 0.3 is 0 Å². The molecule has 3 nitrogen and oxygen atoms in total. The first-order valence-electron chi connectivity index (χ1n) is 7.36. The maximum absolute atomic E-state index is 6.05. The van der Waals surface area contributed by atoms with Crippen LogP contribution in [0.1, 0.15) is 17.5 Å². The Kier molecular flexibility index (Phi) is 3.68. The highest BCUT2D eigenvalue weighted by Gasteiger charge is 2.18. The molecule has 1 heterocycles. The summed E-state index contributed by atoms with van der Waals surface area (Å²) in [5.74, 6) is 0. The summed E-state index contributed by atoms with van der Waals surface area (Å²) in [6, 6.07) is 13.5. The molecule has 1 aromatic heterocycles. The molecule has 0 aliphatic heterocycles. The highest BCUT2D eigenvalue weighted by atomic mass is 35.5. The summed E-state index contributed by atoms with van der Waals surface area (Å²) in [5, 5.41) is 7.04. The van der Waals surface area contributed by atoms with Crippen molar-refractivity contribution in [3.63, 3.8) is 0 Å². The number of aromatic nitrogens is 1. The average molecular weight is 342 g/mol. The first-order valence-corrected chi connectivity index (χ1v) is 8.12. The van der Waals surface area contributed by atoms with Crippen LogP contribution in [-0.2, 0) is 6.42 Å². The van der Waals surface area contributed by atoms with E-state index in [9.17, 15) is 0 Å². The average Bonchev–Trinajstić information content (AvgIpc) is 2.94. The van der Waals surface area contributed by atoms with Crippen molar-refractivity contribution >= 4 is 45.5 Å². The Hall–Kier alpha value is -2.10. The standard InChI is InChI=1S/C18H13Cl2N3/c19-12-2-4-14-11(9-12)1-6-16(14)22-23-17-7-8-21-18-10-13(20)3-5-15(17)18/h2-5,7-10H,1,6H2,(H,21,23)/b22-16-. The van der Waals surface area contributed by atoms with E-state index in [0.717, 1.165) is 40.2 Å². The van der Waals surface area contributed by atoms with Crippen molar-refractivity contribution in [1.29, 1.82) is 0 Å². The van der Waals surface area contributed by atoms with Gasteiger partial charge in [0.05, 0.1) is 16.9 Å². The van der Waals surface area contributed by atoms with Gasteiger partial charge in [-0.15, -0.1) is 0 Å². The van der Waals surface area contributed by atoms with Crippen molar-refractivity contribution in [2.24, 2.45) is 5.10 Å². The number of anilines is 1. The molecular formula is C18H13Cl2N3. The van der Waals surface area contributed by atoms with Gasteiger partial charge in [-0.25, -0.2) is 0 Å². The highest BCUT2D eigenvalue weighted by molar-refractivity contribution is 6.31. The summed E-state index contributed by atoms with van der Waals surface area (Å²) in [6.45, 7) is 0. The van der Waals surface area contributed by atoms with Crippen LogP contribution >= 0.6 is 23.2 Å². The molecule has 23 heavy (non-hydrogen) atoms. The normalized spacial score (nSPS) is 15.1. The first-order chi connectivity index (χ1) is 11.2. The zero-order valence-corrected chi connectivity index (χ0v) is 13.7. The Morgan fingerprint density at radius 3 is 2.70 bits per heavy atom. The molecule has 1 aliphatic carbocycles. The minimum absolute atomic E-state index is 0.676. The lowest BCUT2D eigenvalue weighted by molar-refractivity contribution is 1.09. The second-order valence-electron chi connectivity index (χ2n) is 5.49. The molecule has 0 atom stereocenters. The van der Waals surface area contributed by atoms with Gasteiger partial charge in [0, 0.05) is 27.2 Å². The largest absolute Gasteiger partial charge is 0.277 e. The van der Waals surface area contributed by atoms with Crippen molar-refractivity contribution in [3.05, 3.63) is 69.8 Å². The van der Waals surface area contributed by atoms with E-state index in [1.807, 2.05) is 42.5 Å². The third-order valence-corrected chi connectivity index (χ3v) is 4.50. The fraction of sp³-hybridized carbons (Fsp3) is 0.111. The van der Waals surface area contributed by atoms with Crippen LogP contribution in [0.15, 0.2) is 53.8 Å². The summed E-state index contributed by atoms with van der Waals surface area (Å²) in [7, 11) is 0. The molecule has 0 fully saturated rings. The maximum Gasteiger partial charge on any atom is 0.0738 e.